The minimum Gasteiger partial charge on any atom is -0.345 e. The largest absolute Gasteiger partial charge is 0.416 e. The molecule has 6 nitrogen and oxygen atoms in total. The lowest BCUT2D eigenvalue weighted by molar-refractivity contribution is -0.143. The Hall–Kier alpha value is -4.42. The van der Waals surface area contributed by atoms with Crippen molar-refractivity contribution in [2.24, 2.45) is 5.92 Å². The first kappa shape index (κ1) is 31.0. The molecule has 232 valence electrons. The maximum Gasteiger partial charge on any atom is 0.416 e. The molecular weight excluding hydrogens is 593 g/mol. The number of benzene rings is 3. The number of halogens is 7. The second kappa shape index (κ2) is 11.6. The molecule has 1 saturated heterocycles. The fourth-order valence-corrected chi connectivity index (χ4v) is 5.80. The van der Waals surface area contributed by atoms with Gasteiger partial charge >= 0.3 is 12.4 Å². The van der Waals surface area contributed by atoms with Gasteiger partial charge in [-0.2, -0.15) is 26.3 Å². The van der Waals surface area contributed by atoms with Gasteiger partial charge in [-0.3, -0.25) is 9.59 Å². The number of likely N-dealkylation sites (tertiary alicyclic amines) is 1. The quantitative estimate of drug-likeness (QED) is 0.246. The number of imidazole rings is 1. The normalized spacial score (nSPS) is 17.6. The molecule has 1 aliphatic heterocycles. The average Bonchev–Trinajstić information content (AvgIpc) is 3.43. The second-order valence-electron chi connectivity index (χ2n) is 11.0. The number of aryl methyl sites for hydroxylation is 1. The first-order valence-corrected chi connectivity index (χ1v) is 13.6. The van der Waals surface area contributed by atoms with Crippen molar-refractivity contribution in [1.82, 2.24) is 19.8 Å². The van der Waals surface area contributed by atoms with Gasteiger partial charge in [-0.05, 0) is 78.6 Å². The summed E-state index contributed by atoms with van der Waals surface area (Å²) in [7, 11) is 1.31. The SMILES string of the molecule is Cc1cc(F)ccc1C1CN(C(=O)c2ccc3nc[nH]c3c2)CC[C@H]1C(=O)N(C)Cc1cc(C(F)(F)F)cc(C(F)(F)F)c1. The third-order valence-electron chi connectivity index (χ3n) is 7.96. The Morgan fingerprint density at radius 3 is 2.30 bits per heavy atom. The number of carbonyl (C=O) groups is 2. The fraction of sp³-hybridized carbons (Fsp3) is 0.323. The minimum atomic E-state index is -5.02. The van der Waals surface area contributed by atoms with Crippen molar-refractivity contribution in [3.8, 4) is 0 Å². The first-order chi connectivity index (χ1) is 20.6. The number of hydrogen-bond acceptors (Lipinski definition) is 3. The van der Waals surface area contributed by atoms with E-state index in [9.17, 15) is 40.3 Å². The number of alkyl halides is 6. The molecule has 0 radical (unpaired) electrons. The Bertz CT molecular complexity index is 1680. The van der Waals surface area contributed by atoms with E-state index >= 15 is 0 Å². The van der Waals surface area contributed by atoms with E-state index in [4.69, 9.17) is 0 Å². The van der Waals surface area contributed by atoms with Crippen molar-refractivity contribution >= 4 is 22.8 Å². The Morgan fingerprint density at radius 2 is 1.66 bits per heavy atom. The zero-order valence-corrected chi connectivity index (χ0v) is 23.6. The van der Waals surface area contributed by atoms with Crippen LogP contribution in [0.4, 0.5) is 30.7 Å². The first-order valence-electron chi connectivity index (χ1n) is 13.6. The number of fused-ring (bicyclic) bond motifs is 1. The zero-order chi connectivity index (χ0) is 32.0. The smallest absolute Gasteiger partial charge is 0.345 e. The van der Waals surface area contributed by atoms with Crippen LogP contribution in [-0.2, 0) is 23.7 Å². The highest BCUT2D eigenvalue weighted by Crippen LogP contribution is 2.38. The maximum absolute atomic E-state index is 14.0. The molecule has 44 heavy (non-hydrogen) atoms. The summed E-state index contributed by atoms with van der Waals surface area (Å²) < 4.78 is 94.4. The summed E-state index contributed by atoms with van der Waals surface area (Å²) in [6, 6.07) is 10.3. The molecule has 13 heteroatoms. The summed E-state index contributed by atoms with van der Waals surface area (Å²) in [6.45, 7) is 1.41. The van der Waals surface area contributed by atoms with Crippen LogP contribution in [0, 0.1) is 18.7 Å². The van der Waals surface area contributed by atoms with Gasteiger partial charge in [0.05, 0.1) is 28.5 Å². The molecule has 0 spiro atoms. The molecule has 2 heterocycles. The lowest BCUT2D eigenvalue weighted by atomic mass is 9.78. The van der Waals surface area contributed by atoms with Crippen molar-refractivity contribution in [3.63, 3.8) is 0 Å². The van der Waals surface area contributed by atoms with Crippen LogP contribution in [-0.4, -0.2) is 51.7 Å². The van der Waals surface area contributed by atoms with Gasteiger partial charge < -0.3 is 14.8 Å². The molecule has 1 aliphatic rings. The number of aromatic nitrogens is 2. The lowest BCUT2D eigenvalue weighted by Gasteiger charge is -2.40. The third-order valence-corrected chi connectivity index (χ3v) is 7.96. The number of carbonyl (C=O) groups excluding carboxylic acids is 2. The topological polar surface area (TPSA) is 69.3 Å². The van der Waals surface area contributed by atoms with Gasteiger partial charge in [0.25, 0.3) is 5.91 Å². The number of hydrogen-bond donors (Lipinski definition) is 1. The van der Waals surface area contributed by atoms with Gasteiger partial charge in [0.15, 0.2) is 0 Å². The molecule has 0 bridgehead atoms. The Balaban J connectivity index is 1.43. The minimum absolute atomic E-state index is 0.0372. The summed E-state index contributed by atoms with van der Waals surface area (Å²) in [4.78, 5) is 37.1. The van der Waals surface area contributed by atoms with Crippen LogP contribution in [0.15, 0.2) is 60.9 Å². The van der Waals surface area contributed by atoms with E-state index in [1.165, 1.54) is 31.6 Å². The molecule has 4 aromatic rings. The van der Waals surface area contributed by atoms with Crippen LogP contribution in [0.5, 0.6) is 0 Å². The van der Waals surface area contributed by atoms with Crippen LogP contribution in [0.2, 0.25) is 0 Å². The van der Waals surface area contributed by atoms with Gasteiger partial charge in [0.1, 0.15) is 5.82 Å². The molecule has 0 saturated carbocycles. The van der Waals surface area contributed by atoms with Crippen LogP contribution in [0.25, 0.3) is 11.0 Å². The molecule has 1 aromatic heterocycles. The lowest BCUT2D eigenvalue weighted by Crippen LogP contribution is -2.47. The van der Waals surface area contributed by atoms with Crippen molar-refractivity contribution in [2.75, 3.05) is 20.1 Å². The molecule has 0 aliphatic carbocycles. The van der Waals surface area contributed by atoms with Crippen molar-refractivity contribution < 1.29 is 40.3 Å². The van der Waals surface area contributed by atoms with Crippen molar-refractivity contribution in [3.05, 3.63) is 100 Å². The van der Waals surface area contributed by atoms with E-state index in [-0.39, 0.29) is 37.0 Å². The van der Waals surface area contributed by atoms with Crippen molar-refractivity contribution in [1.29, 1.82) is 0 Å². The Morgan fingerprint density at radius 1 is 0.977 bits per heavy atom. The molecule has 1 N–H and O–H groups in total. The van der Waals surface area contributed by atoms with Crippen LogP contribution in [0.1, 0.15) is 50.5 Å². The van der Waals surface area contributed by atoms with Crippen LogP contribution in [0.3, 0.4) is 0 Å². The maximum atomic E-state index is 14.0. The van der Waals surface area contributed by atoms with E-state index in [0.29, 0.717) is 39.9 Å². The predicted molar refractivity (Wildman–Crippen MR) is 147 cm³/mol. The number of rotatable bonds is 5. The number of piperidine rings is 1. The Labute approximate surface area is 247 Å². The number of amides is 2. The molecule has 1 fully saturated rings. The monoisotopic (exact) mass is 620 g/mol. The van der Waals surface area contributed by atoms with Gasteiger partial charge in [-0.15, -0.1) is 0 Å². The van der Waals surface area contributed by atoms with E-state index in [2.05, 4.69) is 9.97 Å². The van der Waals surface area contributed by atoms with Gasteiger partial charge in [-0.1, -0.05) is 6.07 Å². The molecular formula is C31H27F7N4O2. The van der Waals surface area contributed by atoms with Gasteiger partial charge in [0, 0.05) is 44.1 Å². The van der Waals surface area contributed by atoms with Crippen molar-refractivity contribution in [2.45, 2.75) is 38.2 Å². The van der Waals surface area contributed by atoms with Crippen LogP contribution >= 0.6 is 0 Å². The molecule has 3 aromatic carbocycles. The summed E-state index contributed by atoms with van der Waals surface area (Å²) in [6.07, 6.45) is -8.38. The number of nitrogens with one attached hydrogen (secondary N) is 1. The summed E-state index contributed by atoms with van der Waals surface area (Å²) in [5.41, 5.74) is -0.392. The highest BCUT2D eigenvalue weighted by Gasteiger charge is 2.40. The predicted octanol–water partition coefficient (Wildman–Crippen LogP) is 6.95. The fourth-order valence-electron chi connectivity index (χ4n) is 5.80. The van der Waals surface area contributed by atoms with E-state index < -0.39 is 53.6 Å². The van der Waals surface area contributed by atoms with Crippen LogP contribution < -0.4 is 0 Å². The molecule has 2 atom stereocenters. The Kier molecular flexibility index (Phi) is 8.17. The summed E-state index contributed by atoms with van der Waals surface area (Å²) >= 11 is 0. The van der Waals surface area contributed by atoms with E-state index in [1.54, 1.807) is 30.0 Å². The van der Waals surface area contributed by atoms with E-state index in [0.717, 1.165) is 4.90 Å². The zero-order valence-electron chi connectivity index (χ0n) is 23.6. The average molecular weight is 621 g/mol. The highest BCUT2D eigenvalue weighted by atomic mass is 19.4. The molecule has 1 unspecified atom stereocenters. The summed E-state index contributed by atoms with van der Waals surface area (Å²) in [5.74, 6) is -2.71. The number of aromatic amines is 1. The van der Waals surface area contributed by atoms with E-state index in [1.807, 2.05) is 0 Å². The molecule has 5 rings (SSSR count). The highest BCUT2D eigenvalue weighted by molar-refractivity contribution is 5.97. The number of H-pyrrole nitrogens is 1. The van der Waals surface area contributed by atoms with Gasteiger partial charge in [0.2, 0.25) is 5.91 Å². The number of nitrogens with zero attached hydrogens (tertiary/aromatic N) is 3. The summed E-state index contributed by atoms with van der Waals surface area (Å²) in [5, 5.41) is 0. The second-order valence-corrected chi connectivity index (χ2v) is 11.0. The van der Waals surface area contributed by atoms with Gasteiger partial charge in [-0.25, -0.2) is 9.37 Å². The standard InChI is InChI=1S/C31H27F7N4O2/c1-17-9-22(32)4-5-23(17)25-15-42(28(43)19-3-6-26-27(12-19)40-16-39-26)8-7-24(25)29(44)41(2)14-18-10-20(30(33,34)35)13-21(11-18)31(36,37)38/h3-6,9-13,16,24-25H,7-8,14-15H2,1-2H3,(H,39,40)/t24-,25?/m1/s1. The molecule has 2 amide bonds. The third kappa shape index (κ3) is 6.41.